The molecule has 0 bridgehead atoms. The van der Waals surface area contributed by atoms with E-state index in [-0.39, 0.29) is 0 Å². The quantitative estimate of drug-likeness (QED) is 0.697. The van der Waals surface area contributed by atoms with Gasteiger partial charge in [-0.2, -0.15) is 0 Å². The number of rotatable bonds is 8. The lowest BCUT2D eigenvalue weighted by molar-refractivity contribution is -0.145. The minimum Gasteiger partial charge on any atom is -0.480 e. The summed E-state index contributed by atoms with van der Waals surface area (Å²) in [5.74, 6) is 0.00782. The minimum atomic E-state index is -0.830. The number of carboxylic acids is 1. The van der Waals surface area contributed by atoms with Crippen molar-refractivity contribution in [3.63, 3.8) is 0 Å². The zero-order chi connectivity index (χ0) is 13.6. The van der Waals surface area contributed by atoms with Crippen molar-refractivity contribution in [3.05, 3.63) is 0 Å². The molecule has 1 rings (SSSR count). The van der Waals surface area contributed by atoms with Crippen LogP contribution >= 0.6 is 0 Å². The highest BCUT2D eigenvalue weighted by molar-refractivity contribution is 5.78. The Balaban J connectivity index is 2.45. The van der Waals surface area contributed by atoms with E-state index in [9.17, 15) is 9.90 Å². The van der Waals surface area contributed by atoms with Crippen LogP contribution in [0.5, 0.6) is 0 Å². The summed E-state index contributed by atoms with van der Waals surface area (Å²) in [7, 11) is 2.03. The van der Waals surface area contributed by atoms with Gasteiger partial charge in [0.05, 0.1) is 0 Å². The molecule has 1 saturated carbocycles. The molecular formula is C14H28N2O2. The van der Waals surface area contributed by atoms with Gasteiger partial charge < -0.3 is 15.3 Å². The average Bonchev–Trinajstić information content (AvgIpc) is 2.78. The van der Waals surface area contributed by atoms with Gasteiger partial charge in [0.15, 0.2) is 0 Å². The largest absolute Gasteiger partial charge is 0.480 e. The topological polar surface area (TPSA) is 52.6 Å². The Hall–Kier alpha value is -0.610. The third-order valence-electron chi connectivity index (χ3n) is 3.87. The van der Waals surface area contributed by atoms with E-state index in [1.807, 2.05) is 7.05 Å². The predicted molar refractivity (Wildman–Crippen MR) is 73.8 cm³/mol. The molecule has 0 aromatic carbocycles. The summed E-state index contributed by atoms with van der Waals surface area (Å²) in [4.78, 5) is 13.6. The average molecular weight is 256 g/mol. The van der Waals surface area contributed by atoms with Crippen LogP contribution in [0, 0.1) is 5.92 Å². The molecule has 18 heavy (non-hydrogen) atoms. The second-order valence-corrected chi connectivity index (χ2v) is 5.91. The first kappa shape index (κ1) is 15.4. The first-order valence-electron chi connectivity index (χ1n) is 7.15. The van der Waals surface area contributed by atoms with Crippen LogP contribution in [0.4, 0.5) is 0 Å². The van der Waals surface area contributed by atoms with Crippen molar-refractivity contribution >= 4 is 5.97 Å². The van der Waals surface area contributed by atoms with Crippen molar-refractivity contribution in [3.8, 4) is 0 Å². The minimum absolute atomic E-state index is 0.568. The van der Waals surface area contributed by atoms with Crippen LogP contribution < -0.4 is 5.32 Å². The Morgan fingerprint density at radius 1 is 1.44 bits per heavy atom. The molecule has 0 spiro atoms. The Morgan fingerprint density at radius 2 is 2.06 bits per heavy atom. The number of carbonyl (C=O) groups is 1. The maximum Gasteiger partial charge on any atom is 0.324 e. The van der Waals surface area contributed by atoms with Crippen molar-refractivity contribution in [1.82, 2.24) is 10.2 Å². The van der Waals surface area contributed by atoms with Crippen LogP contribution in [-0.4, -0.2) is 48.2 Å². The SMILES string of the molecule is CCCNC(C)(CN(C)CC1CCCC1)C(=O)O. The van der Waals surface area contributed by atoms with Gasteiger partial charge in [0, 0.05) is 13.1 Å². The third kappa shape index (κ3) is 4.58. The zero-order valence-electron chi connectivity index (χ0n) is 12.0. The monoisotopic (exact) mass is 256 g/mol. The van der Waals surface area contributed by atoms with Gasteiger partial charge in [-0.3, -0.25) is 4.79 Å². The maximum atomic E-state index is 11.4. The Labute approximate surface area is 111 Å². The van der Waals surface area contributed by atoms with E-state index in [4.69, 9.17) is 0 Å². The third-order valence-corrected chi connectivity index (χ3v) is 3.87. The summed E-state index contributed by atoms with van der Waals surface area (Å²) < 4.78 is 0. The number of carboxylic acid groups (broad SMARTS) is 1. The van der Waals surface area contributed by atoms with Crippen molar-refractivity contribution < 1.29 is 9.90 Å². The van der Waals surface area contributed by atoms with E-state index in [1.54, 1.807) is 6.92 Å². The molecule has 106 valence electrons. The van der Waals surface area contributed by atoms with Crippen molar-refractivity contribution in [2.45, 2.75) is 51.5 Å². The summed E-state index contributed by atoms with van der Waals surface area (Å²) in [6.45, 7) is 6.18. The van der Waals surface area contributed by atoms with Crippen LogP contribution in [0.15, 0.2) is 0 Å². The highest BCUT2D eigenvalue weighted by atomic mass is 16.4. The lowest BCUT2D eigenvalue weighted by Crippen LogP contribution is -2.56. The number of likely N-dealkylation sites (N-methyl/N-ethyl adjacent to an activating group) is 1. The van der Waals surface area contributed by atoms with Gasteiger partial charge in [-0.15, -0.1) is 0 Å². The normalized spacial score (nSPS) is 20.2. The predicted octanol–water partition coefficient (Wildman–Crippen LogP) is 1.95. The molecule has 1 aliphatic carbocycles. The van der Waals surface area contributed by atoms with Crippen LogP contribution in [0.2, 0.25) is 0 Å². The van der Waals surface area contributed by atoms with Gasteiger partial charge in [-0.05, 0) is 45.7 Å². The summed E-state index contributed by atoms with van der Waals surface area (Å²) in [5.41, 5.74) is -0.830. The molecule has 0 aromatic rings. The number of hydrogen-bond acceptors (Lipinski definition) is 3. The molecule has 0 saturated heterocycles. The van der Waals surface area contributed by atoms with Crippen molar-refractivity contribution in [2.75, 3.05) is 26.7 Å². The fourth-order valence-corrected chi connectivity index (χ4v) is 2.84. The number of nitrogens with one attached hydrogen (secondary N) is 1. The summed E-state index contributed by atoms with van der Waals surface area (Å²) in [6.07, 6.45) is 6.23. The number of hydrogen-bond donors (Lipinski definition) is 2. The molecule has 0 aliphatic heterocycles. The number of nitrogens with zero attached hydrogens (tertiary/aromatic N) is 1. The molecule has 1 unspecified atom stereocenters. The molecule has 4 nitrogen and oxygen atoms in total. The van der Waals surface area contributed by atoms with Gasteiger partial charge in [-0.1, -0.05) is 19.8 Å². The Bertz CT molecular complexity index is 265. The van der Waals surface area contributed by atoms with Gasteiger partial charge in [-0.25, -0.2) is 0 Å². The van der Waals surface area contributed by atoms with E-state index in [2.05, 4.69) is 17.1 Å². The highest BCUT2D eigenvalue weighted by Gasteiger charge is 2.34. The maximum absolute atomic E-state index is 11.4. The van der Waals surface area contributed by atoms with Crippen LogP contribution in [0.3, 0.4) is 0 Å². The van der Waals surface area contributed by atoms with E-state index >= 15 is 0 Å². The zero-order valence-corrected chi connectivity index (χ0v) is 12.0. The Kier molecular flexibility index (Phi) is 6.09. The lowest BCUT2D eigenvalue weighted by atomic mass is 10.0. The van der Waals surface area contributed by atoms with Crippen molar-refractivity contribution in [2.24, 2.45) is 5.92 Å². The fourth-order valence-electron chi connectivity index (χ4n) is 2.84. The molecule has 0 aromatic heterocycles. The van der Waals surface area contributed by atoms with E-state index in [1.165, 1.54) is 25.7 Å². The molecule has 0 heterocycles. The Morgan fingerprint density at radius 3 is 2.56 bits per heavy atom. The van der Waals surface area contributed by atoms with Crippen LogP contribution in [0.1, 0.15) is 46.0 Å². The summed E-state index contributed by atoms with van der Waals surface area (Å²) >= 11 is 0. The van der Waals surface area contributed by atoms with Gasteiger partial charge in [0.25, 0.3) is 0 Å². The van der Waals surface area contributed by atoms with E-state index in [0.717, 1.165) is 25.4 Å². The second-order valence-electron chi connectivity index (χ2n) is 5.91. The van der Waals surface area contributed by atoms with E-state index in [0.29, 0.717) is 6.54 Å². The molecule has 4 heteroatoms. The molecule has 0 radical (unpaired) electrons. The molecule has 1 aliphatic rings. The van der Waals surface area contributed by atoms with Crippen LogP contribution in [0.25, 0.3) is 0 Å². The van der Waals surface area contributed by atoms with Crippen LogP contribution in [-0.2, 0) is 4.79 Å². The smallest absolute Gasteiger partial charge is 0.324 e. The van der Waals surface area contributed by atoms with Gasteiger partial charge >= 0.3 is 5.97 Å². The lowest BCUT2D eigenvalue weighted by Gasteiger charge is -2.32. The van der Waals surface area contributed by atoms with Gasteiger partial charge in [0.1, 0.15) is 5.54 Å². The van der Waals surface area contributed by atoms with Crippen molar-refractivity contribution in [1.29, 1.82) is 0 Å². The molecule has 1 fully saturated rings. The molecule has 2 N–H and O–H groups in total. The van der Waals surface area contributed by atoms with Gasteiger partial charge in [0.2, 0.25) is 0 Å². The molecule has 1 atom stereocenters. The fraction of sp³-hybridized carbons (Fsp3) is 0.929. The van der Waals surface area contributed by atoms with E-state index < -0.39 is 11.5 Å². The summed E-state index contributed by atoms with van der Waals surface area (Å²) in [6, 6.07) is 0. The highest BCUT2D eigenvalue weighted by Crippen LogP contribution is 2.25. The molecule has 0 amide bonds. The standard InChI is InChI=1S/C14H28N2O2/c1-4-9-15-14(2,13(17)18)11-16(3)10-12-7-5-6-8-12/h12,15H,4-11H2,1-3H3,(H,17,18). The molecular weight excluding hydrogens is 228 g/mol. The summed E-state index contributed by atoms with van der Waals surface area (Å²) in [5, 5.41) is 12.5. The second kappa shape index (κ2) is 7.10. The number of aliphatic carboxylic acids is 1. The first-order chi connectivity index (χ1) is 8.48. The first-order valence-corrected chi connectivity index (χ1v) is 7.15.